The minimum absolute atomic E-state index is 0.294. The lowest BCUT2D eigenvalue weighted by atomic mass is 10.1. The maximum absolute atomic E-state index is 12.3. The van der Waals surface area contributed by atoms with E-state index >= 15 is 0 Å². The molecule has 132 valence electrons. The van der Waals surface area contributed by atoms with E-state index in [1.807, 2.05) is 29.6 Å². The van der Waals surface area contributed by atoms with Crippen LogP contribution in [0.5, 0.6) is 5.75 Å². The first kappa shape index (κ1) is 17.6. The Labute approximate surface area is 154 Å². The fourth-order valence-corrected chi connectivity index (χ4v) is 2.99. The summed E-state index contributed by atoms with van der Waals surface area (Å²) in [6.45, 7) is 0. The molecule has 0 aliphatic carbocycles. The molecule has 1 N–H and O–H groups in total. The van der Waals surface area contributed by atoms with Crippen LogP contribution in [0.1, 0.15) is 20.7 Å². The Morgan fingerprint density at radius 1 is 0.962 bits per heavy atom. The zero-order valence-corrected chi connectivity index (χ0v) is 15.0. The number of rotatable bonds is 5. The number of benzene rings is 2. The second-order valence-corrected chi connectivity index (χ2v) is 6.15. The van der Waals surface area contributed by atoms with Gasteiger partial charge in [-0.05, 0) is 48.5 Å². The van der Waals surface area contributed by atoms with Gasteiger partial charge in [0.25, 0.3) is 5.91 Å². The number of hydrogen-bond donors (Lipinski definition) is 1. The van der Waals surface area contributed by atoms with Gasteiger partial charge in [0.15, 0.2) is 5.13 Å². The van der Waals surface area contributed by atoms with E-state index in [0.717, 1.165) is 17.0 Å². The second kappa shape index (κ2) is 7.79. The Balaban J connectivity index is 1.70. The number of nitrogens with one attached hydrogen (secondary N) is 1. The molecule has 1 aromatic heterocycles. The molecule has 0 aliphatic heterocycles. The smallest absolute Gasteiger partial charge is 0.337 e. The third-order valence-electron chi connectivity index (χ3n) is 3.68. The van der Waals surface area contributed by atoms with Gasteiger partial charge in [-0.3, -0.25) is 10.1 Å². The number of thiazole rings is 1. The Bertz CT molecular complexity index is 917. The van der Waals surface area contributed by atoms with Gasteiger partial charge >= 0.3 is 5.97 Å². The van der Waals surface area contributed by atoms with Crippen LogP contribution in [0.15, 0.2) is 53.9 Å². The van der Waals surface area contributed by atoms with Crippen LogP contribution >= 0.6 is 11.3 Å². The monoisotopic (exact) mass is 368 g/mol. The number of amides is 1. The van der Waals surface area contributed by atoms with Crippen LogP contribution in [0.25, 0.3) is 11.3 Å². The molecule has 1 heterocycles. The quantitative estimate of drug-likeness (QED) is 0.692. The van der Waals surface area contributed by atoms with Crippen LogP contribution < -0.4 is 10.1 Å². The molecule has 0 fully saturated rings. The maximum atomic E-state index is 12.3. The van der Waals surface area contributed by atoms with Gasteiger partial charge in [-0.15, -0.1) is 11.3 Å². The van der Waals surface area contributed by atoms with Crippen molar-refractivity contribution in [1.82, 2.24) is 4.98 Å². The zero-order chi connectivity index (χ0) is 18.5. The SMILES string of the molecule is COC(=O)c1ccc(C(=O)Nc2nc(-c3ccc(OC)cc3)cs2)cc1. The predicted molar refractivity (Wildman–Crippen MR) is 99.8 cm³/mol. The molecule has 26 heavy (non-hydrogen) atoms. The first-order valence-corrected chi connectivity index (χ1v) is 8.58. The van der Waals surface area contributed by atoms with Gasteiger partial charge in [-0.1, -0.05) is 0 Å². The molecule has 1 amide bonds. The van der Waals surface area contributed by atoms with Crippen molar-refractivity contribution in [3.05, 3.63) is 65.0 Å². The summed E-state index contributed by atoms with van der Waals surface area (Å²) in [5.74, 6) is 0.0333. The largest absolute Gasteiger partial charge is 0.497 e. The van der Waals surface area contributed by atoms with E-state index in [1.165, 1.54) is 18.4 Å². The van der Waals surface area contributed by atoms with E-state index in [0.29, 0.717) is 16.3 Å². The van der Waals surface area contributed by atoms with Crippen molar-refractivity contribution in [3.8, 4) is 17.0 Å². The highest BCUT2D eigenvalue weighted by molar-refractivity contribution is 7.14. The Kier molecular flexibility index (Phi) is 5.28. The molecule has 0 atom stereocenters. The highest BCUT2D eigenvalue weighted by Gasteiger charge is 2.12. The summed E-state index contributed by atoms with van der Waals surface area (Å²) in [7, 11) is 2.93. The number of methoxy groups -OCH3 is 2. The van der Waals surface area contributed by atoms with Crippen molar-refractivity contribution in [3.63, 3.8) is 0 Å². The molecule has 3 rings (SSSR count). The van der Waals surface area contributed by atoms with Crippen LogP contribution in [0.4, 0.5) is 5.13 Å². The molecule has 0 aliphatic rings. The first-order valence-electron chi connectivity index (χ1n) is 7.70. The maximum Gasteiger partial charge on any atom is 0.337 e. The van der Waals surface area contributed by atoms with Gasteiger partial charge in [-0.25, -0.2) is 9.78 Å². The van der Waals surface area contributed by atoms with Gasteiger partial charge in [0.05, 0.1) is 25.5 Å². The first-order chi connectivity index (χ1) is 12.6. The lowest BCUT2D eigenvalue weighted by molar-refractivity contribution is 0.0600. The van der Waals surface area contributed by atoms with E-state index in [2.05, 4.69) is 15.0 Å². The fourth-order valence-electron chi connectivity index (χ4n) is 2.27. The van der Waals surface area contributed by atoms with Crippen molar-refractivity contribution in [2.75, 3.05) is 19.5 Å². The third-order valence-corrected chi connectivity index (χ3v) is 4.44. The van der Waals surface area contributed by atoms with E-state index in [-0.39, 0.29) is 5.91 Å². The Morgan fingerprint density at radius 3 is 2.23 bits per heavy atom. The molecule has 3 aromatic rings. The number of carbonyl (C=O) groups excluding carboxylic acids is 2. The molecular weight excluding hydrogens is 352 g/mol. The van der Waals surface area contributed by atoms with Crippen LogP contribution in [-0.2, 0) is 4.74 Å². The lowest BCUT2D eigenvalue weighted by Gasteiger charge is -2.03. The second-order valence-electron chi connectivity index (χ2n) is 5.29. The van der Waals surface area contributed by atoms with E-state index in [1.54, 1.807) is 31.4 Å². The minimum atomic E-state index is -0.444. The van der Waals surface area contributed by atoms with E-state index in [9.17, 15) is 9.59 Å². The number of ether oxygens (including phenoxy) is 2. The molecule has 0 bridgehead atoms. The summed E-state index contributed by atoms with van der Waals surface area (Å²) in [4.78, 5) is 28.2. The fraction of sp³-hybridized carbons (Fsp3) is 0.105. The number of esters is 1. The van der Waals surface area contributed by atoms with Gasteiger partial charge in [-0.2, -0.15) is 0 Å². The summed E-state index contributed by atoms with van der Waals surface area (Å²) < 4.78 is 9.77. The molecule has 7 heteroatoms. The van der Waals surface area contributed by atoms with Crippen LogP contribution in [0.3, 0.4) is 0 Å². The topological polar surface area (TPSA) is 77.5 Å². The number of anilines is 1. The summed E-state index contributed by atoms with van der Waals surface area (Å²) in [5.41, 5.74) is 2.53. The molecular formula is C19H16N2O4S. The average molecular weight is 368 g/mol. The van der Waals surface area contributed by atoms with Crippen LogP contribution in [0, 0.1) is 0 Å². The highest BCUT2D eigenvalue weighted by Crippen LogP contribution is 2.26. The van der Waals surface area contributed by atoms with Crippen molar-refractivity contribution in [1.29, 1.82) is 0 Å². The molecule has 0 saturated carbocycles. The Morgan fingerprint density at radius 2 is 1.62 bits per heavy atom. The van der Waals surface area contributed by atoms with Crippen LogP contribution in [0.2, 0.25) is 0 Å². The standard InChI is InChI=1S/C19H16N2O4S/c1-24-15-9-7-12(8-10-15)16-11-26-19(20-16)21-17(22)13-3-5-14(6-4-13)18(23)25-2/h3-11H,1-2H3,(H,20,21,22). The lowest BCUT2D eigenvalue weighted by Crippen LogP contribution is -2.12. The summed E-state index contributed by atoms with van der Waals surface area (Å²) in [5, 5.41) is 5.13. The van der Waals surface area contributed by atoms with Gasteiger partial charge < -0.3 is 9.47 Å². The number of nitrogens with zero attached hydrogens (tertiary/aromatic N) is 1. The Hall–Kier alpha value is -3.19. The molecule has 0 spiro atoms. The van der Waals surface area contributed by atoms with Crippen molar-refractivity contribution in [2.24, 2.45) is 0 Å². The predicted octanol–water partition coefficient (Wildman–Crippen LogP) is 3.86. The minimum Gasteiger partial charge on any atom is -0.497 e. The highest BCUT2D eigenvalue weighted by atomic mass is 32.1. The van der Waals surface area contributed by atoms with Crippen molar-refractivity contribution in [2.45, 2.75) is 0 Å². The third kappa shape index (κ3) is 3.89. The molecule has 0 saturated heterocycles. The van der Waals surface area contributed by atoms with Crippen molar-refractivity contribution < 1.29 is 19.1 Å². The van der Waals surface area contributed by atoms with Gasteiger partial charge in [0.2, 0.25) is 0 Å². The van der Waals surface area contributed by atoms with E-state index < -0.39 is 5.97 Å². The molecule has 2 aromatic carbocycles. The summed E-state index contributed by atoms with van der Waals surface area (Å²) in [6, 6.07) is 13.8. The van der Waals surface area contributed by atoms with Gasteiger partial charge in [0, 0.05) is 16.5 Å². The van der Waals surface area contributed by atoms with Crippen molar-refractivity contribution >= 4 is 28.3 Å². The summed E-state index contributed by atoms with van der Waals surface area (Å²) in [6.07, 6.45) is 0. The number of aromatic nitrogens is 1. The summed E-state index contributed by atoms with van der Waals surface area (Å²) >= 11 is 1.34. The van der Waals surface area contributed by atoms with E-state index in [4.69, 9.17) is 4.74 Å². The molecule has 6 nitrogen and oxygen atoms in total. The molecule has 0 radical (unpaired) electrons. The molecule has 0 unspecified atom stereocenters. The number of carbonyl (C=O) groups is 2. The zero-order valence-electron chi connectivity index (χ0n) is 14.2. The van der Waals surface area contributed by atoms with Gasteiger partial charge in [0.1, 0.15) is 5.75 Å². The normalized spacial score (nSPS) is 10.2. The van der Waals surface area contributed by atoms with Crippen LogP contribution in [-0.4, -0.2) is 31.1 Å². The average Bonchev–Trinajstić information content (AvgIpc) is 3.16. The number of hydrogen-bond acceptors (Lipinski definition) is 6.